The maximum absolute atomic E-state index is 13.1. The summed E-state index contributed by atoms with van der Waals surface area (Å²) >= 11 is 0. The van der Waals surface area contributed by atoms with E-state index < -0.39 is 12.4 Å². The SMILES string of the molecule is CC(C)(C)NCc1cc(F)cc(OC(F)F)c1. The van der Waals surface area contributed by atoms with Crippen molar-refractivity contribution in [3.05, 3.63) is 29.6 Å². The standard InChI is InChI=1S/C12H16F3NO/c1-12(2,3)16-7-8-4-9(13)6-10(5-8)17-11(14)15/h4-6,11,16H,7H2,1-3H3. The Morgan fingerprint density at radius 3 is 2.41 bits per heavy atom. The van der Waals surface area contributed by atoms with Crippen LogP contribution in [-0.4, -0.2) is 12.2 Å². The van der Waals surface area contributed by atoms with E-state index in [1.807, 2.05) is 20.8 Å². The molecule has 0 aliphatic carbocycles. The molecule has 0 amide bonds. The minimum absolute atomic E-state index is 0.129. The molecule has 1 aromatic carbocycles. The van der Waals surface area contributed by atoms with Gasteiger partial charge in [-0.1, -0.05) is 0 Å². The Hall–Kier alpha value is -1.23. The van der Waals surface area contributed by atoms with Gasteiger partial charge in [0.15, 0.2) is 0 Å². The van der Waals surface area contributed by atoms with Crippen LogP contribution in [0.15, 0.2) is 18.2 Å². The third-order valence-corrected chi connectivity index (χ3v) is 1.98. The fourth-order valence-electron chi connectivity index (χ4n) is 1.26. The number of halogens is 3. The lowest BCUT2D eigenvalue weighted by atomic mass is 10.1. The van der Waals surface area contributed by atoms with Gasteiger partial charge < -0.3 is 10.1 Å². The first-order valence-electron chi connectivity index (χ1n) is 5.25. The monoisotopic (exact) mass is 247 g/mol. The third kappa shape index (κ3) is 5.58. The Labute approximate surface area is 98.8 Å². The van der Waals surface area contributed by atoms with E-state index in [1.54, 1.807) is 0 Å². The fourth-order valence-corrected chi connectivity index (χ4v) is 1.26. The van der Waals surface area contributed by atoms with E-state index in [4.69, 9.17) is 0 Å². The summed E-state index contributed by atoms with van der Waals surface area (Å²) in [7, 11) is 0. The van der Waals surface area contributed by atoms with Gasteiger partial charge in [0.2, 0.25) is 0 Å². The second-order valence-corrected chi connectivity index (χ2v) is 4.78. The number of nitrogens with one attached hydrogen (secondary N) is 1. The molecule has 1 aromatic rings. The van der Waals surface area contributed by atoms with E-state index in [0.717, 1.165) is 6.07 Å². The molecule has 0 aromatic heterocycles. The largest absolute Gasteiger partial charge is 0.435 e. The van der Waals surface area contributed by atoms with Crippen LogP contribution in [0.1, 0.15) is 26.3 Å². The van der Waals surface area contributed by atoms with Crippen LogP contribution in [0.25, 0.3) is 0 Å². The summed E-state index contributed by atoms with van der Waals surface area (Å²) < 4.78 is 41.3. The zero-order chi connectivity index (χ0) is 13.1. The molecule has 0 atom stereocenters. The topological polar surface area (TPSA) is 21.3 Å². The van der Waals surface area contributed by atoms with Crippen LogP contribution in [-0.2, 0) is 6.54 Å². The van der Waals surface area contributed by atoms with Crippen LogP contribution in [0, 0.1) is 5.82 Å². The highest BCUT2D eigenvalue weighted by atomic mass is 19.3. The van der Waals surface area contributed by atoms with E-state index in [1.165, 1.54) is 12.1 Å². The van der Waals surface area contributed by atoms with Crippen molar-refractivity contribution in [2.24, 2.45) is 0 Å². The highest BCUT2D eigenvalue weighted by Crippen LogP contribution is 2.19. The van der Waals surface area contributed by atoms with Crippen molar-refractivity contribution in [2.75, 3.05) is 0 Å². The van der Waals surface area contributed by atoms with Gasteiger partial charge in [0.1, 0.15) is 11.6 Å². The predicted octanol–water partition coefficient (Wildman–Crippen LogP) is 3.32. The molecule has 0 saturated heterocycles. The summed E-state index contributed by atoms with van der Waals surface area (Å²) in [6.45, 7) is 3.33. The molecule has 17 heavy (non-hydrogen) atoms. The van der Waals surface area contributed by atoms with Crippen LogP contribution in [0.4, 0.5) is 13.2 Å². The molecular formula is C12H16F3NO. The minimum Gasteiger partial charge on any atom is -0.435 e. The lowest BCUT2D eigenvalue weighted by Gasteiger charge is -2.20. The first-order valence-corrected chi connectivity index (χ1v) is 5.25. The van der Waals surface area contributed by atoms with E-state index >= 15 is 0 Å². The lowest BCUT2D eigenvalue weighted by molar-refractivity contribution is -0.0500. The molecule has 0 spiro atoms. The third-order valence-electron chi connectivity index (χ3n) is 1.98. The molecule has 0 saturated carbocycles. The number of hydrogen-bond donors (Lipinski definition) is 1. The molecule has 1 N–H and O–H groups in total. The number of hydrogen-bond acceptors (Lipinski definition) is 2. The van der Waals surface area contributed by atoms with Crippen molar-refractivity contribution >= 4 is 0 Å². The van der Waals surface area contributed by atoms with Crippen LogP contribution in [0.5, 0.6) is 5.75 Å². The first-order chi connectivity index (χ1) is 7.76. The zero-order valence-corrected chi connectivity index (χ0v) is 10.1. The molecular weight excluding hydrogens is 231 g/mol. The van der Waals surface area contributed by atoms with Gasteiger partial charge >= 0.3 is 6.61 Å². The number of ether oxygens (including phenoxy) is 1. The highest BCUT2D eigenvalue weighted by molar-refractivity contribution is 5.29. The summed E-state index contributed by atoms with van der Waals surface area (Å²) in [5, 5.41) is 3.14. The smallest absolute Gasteiger partial charge is 0.387 e. The molecule has 0 fully saturated rings. The summed E-state index contributed by atoms with van der Waals surface area (Å²) in [4.78, 5) is 0. The van der Waals surface area contributed by atoms with Gasteiger partial charge in [0.25, 0.3) is 0 Å². The average Bonchev–Trinajstić information content (AvgIpc) is 2.11. The number of rotatable bonds is 4. The molecule has 2 nitrogen and oxygen atoms in total. The fraction of sp³-hybridized carbons (Fsp3) is 0.500. The highest BCUT2D eigenvalue weighted by Gasteiger charge is 2.11. The Morgan fingerprint density at radius 2 is 1.88 bits per heavy atom. The van der Waals surface area contributed by atoms with E-state index in [-0.39, 0.29) is 11.3 Å². The molecule has 0 heterocycles. The molecule has 0 aliphatic rings. The molecule has 0 bridgehead atoms. The van der Waals surface area contributed by atoms with Gasteiger partial charge in [-0.2, -0.15) is 8.78 Å². The first kappa shape index (κ1) is 13.8. The normalized spacial score (nSPS) is 11.9. The predicted molar refractivity (Wildman–Crippen MR) is 59.6 cm³/mol. The van der Waals surface area contributed by atoms with E-state index in [9.17, 15) is 13.2 Å². The second kappa shape index (κ2) is 5.40. The molecule has 0 radical (unpaired) electrons. The van der Waals surface area contributed by atoms with Gasteiger partial charge in [-0.25, -0.2) is 4.39 Å². The van der Waals surface area contributed by atoms with E-state index in [0.29, 0.717) is 12.1 Å². The van der Waals surface area contributed by atoms with Crippen LogP contribution >= 0.6 is 0 Å². The van der Waals surface area contributed by atoms with Crippen LogP contribution in [0.3, 0.4) is 0 Å². The molecule has 96 valence electrons. The summed E-state index contributed by atoms with van der Waals surface area (Å²) in [6, 6.07) is 3.62. The van der Waals surface area contributed by atoms with Crippen LogP contribution < -0.4 is 10.1 Å². The quantitative estimate of drug-likeness (QED) is 0.881. The minimum atomic E-state index is -2.94. The lowest BCUT2D eigenvalue weighted by Crippen LogP contribution is -2.35. The average molecular weight is 247 g/mol. The zero-order valence-electron chi connectivity index (χ0n) is 10.1. The Kier molecular flexibility index (Phi) is 4.40. The van der Waals surface area contributed by atoms with Crippen molar-refractivity contribution in [3.8, 4) is 5.75 Å². The summed E-state index contributed by atoms with van der Waals surface area (Å²) in [5.74, 6) is -0.750. The van der Waals surface area contributed by atoms with Crippen molar-refractivity contribution in [2.45, 2.75) is 39.5 Å². The molecule has 0 unspecified atom stereocenters. The van der Waals surface area contributed by atoms with Gasteiger partial charge in [-0.15, -0.1) is 0 Å². The van der Waals surface area contributed by atoms with Crippen molar-refractivity contribution in [1.82, 2.24) is 5.32 Å². The Morgan fingerprint density at radius 1 is 1.24 bits per heavy atom. The van der Waals surface area contributed by atoms with Gasteiger partial charge in [-0.3, -0.25) is 0 Å². The van der Waals surface area contributed by atoms with Crippen molar-refractivity contribution in [3.63, 3.8) is 0 Å². The molecule has 1 rings (SSSR count). The summed E-state index contributed by atoms with van der Waals surface area (Å²) in [5.41, 5.74) is 0.436. The molecule has 0 aliphatic heterocycles. The van der Waals surface area contributed by atoms with Gasteiger partial charge in [0.05, 0.1) is 0 Å². The van der Waals surface area contributed by atoms with Crippen LogP contribution in [0.2, 0.25) is 0 Å². The second-order valence-electron chi connectivity index (χ2n) is 4.78. The molecule has 5 heteroatoms. The maximum Gasteiger partial charge on any atom is 0.387 e. The van der Waals surface area contributed by atoms with E-state index in [2.05, 4.69) is 10.1 Å². The van der Waals surface area contributed by atoms with Crippen molar-refractivity contribution in [1.29, 1.82) is 0 Å². The Balaban J connectivity index is 2.75. The Bertz CT molecular complexity index is 375. The number of benzene rings is 1. The van der Waals surface area contributed by atoms with Gasteiger partial charge in [-0.05, 0) is 38.5 Å². The summed E-state index contributed by atoms with van der Waals surface area (Å²) in [6.07, 6.45) is 0. The van der Waals surface area contributed by atoms with Gasteiger partial charge in [0, 0.05) is 18.2 Å². The number of alkyl halides is 2. The van der Waals surface area contributed by atoms with Crippen molar-refractivity contribution < 1.29 is 17.9 Å². The maximum atomic E-state index is 13.1.